The van der Waals surface area contributed by atoms with E-state index in [1.165, 1.54) is 0 Å². The monoisotopic (exact) mass is 307 g/mol. The molecule has 1 N–H and O–H groups in total. The van der Waals surface area contributed by atoms with Gasteiger partial charge in [-0.15, -0.1) is 10.2 Å². The molecule has 1 rings (SSSR count). The molecule has 0 saturated carbocycles. The van der Waals surface area contributed by atoms with Gasteiger partial charge in [-0.3, -0.25) is 0 Å². The fourth-order valence-electron chi connectivity index (χ4n) is 1.39. The molecule has 0 fully saturated rings. The molecule has 0 radical (unpaired) electrons. The van der Waals surface area contributed by atoms with Crippen LogP contribution in [0.2, 0.25) is 0 Å². The number of methoxy groups -OCH3 is 1. The molecule has 1 heterocycles. The maximum atomic E-state index is 5.55. The minimum atomic E-state index is -0.184. The van der Waals surface area contributed by atoms with E-state index in [2.05, 4.69) is 36.3 Å². The molecule has 0 saturated heterocycles. The third-order valence-electron chi connectivity index (χ3n) is 2.75. The highest BCUT2D eigenvalue weighted by molar-refractivity contribution is 8.03. The molecule has 1 aromatic rings. The zero-order valence-electron chi connectivity index (χ0n) is 11.5. The fraction of sp³-hybridized carbons (Fsp3) is 0.818. The van der Waals surface area contributed by atoms with Crippen molar-refractivity contribution in [3.05, 3.63) is 0 Å². The van der Waals surface area contributed by atoms with Crippen LogP contribution in [0.4, 0.5) is 0 Å². The Morgan fingerprint density at radius 1 is 1.39 bits per heavy atom. The minimum Gasteiger partial charge on any atom is -0.377 e. The van der Waals surface area contributed by atoms with E-state index >= 15 is 0 Å². The molecule has 0 aliphatic carbocycles. The van der Waals surface area contributed by atoms with Gasteiger partial charge in [-0.05, 0) is 26.6 Å². The van der Waals surface area contributed by atoms with Crippen LogP contribution in [0.3, 0.4) is 0 Å². The van der Waals surface area contributed by atoms with Crippen LogP contribution in [0.25, 0.3) is 0 Å². The van der Waals surface area contributed by atoms with Crippen LogP contribution < -0.4 is 5.32 Å². The first kappa shape index (κ1) is 16.2. The highest BCUT2D eigenvalue weighted by Gasteiger charge is 2.28. The molecule has 1 unspecified atom stereocenters. The number of thioether (sulfide) groups is 2. The van der Waals surface area contributed by atoms with E-state index in [9.17, 15) is 0 Å². The Labute approximate surface area is 122 Å². The standard InChI is InChI=1S/C11H21N3OS3/c1-6-12-8(11(2,3)15-4)7-17-10-14-13-9(16-5)18-10/h8,12H,6-7H2,1-5H3. The molecule has 0 bridgehead atoms. The fourth-order valence-corrected chi connectivity index (χ4v) is 4.15. The largest absolute Gasteiger partial charge is 0.377 e. The Kier molecular flexibility index (Phi) is 6.94. The first-order valence-electron chi connectivity index (χ1n) is 5.82. The van der Waals surface area contributed by atoms with Gasteiger partial charge in [0.25, 0.3) is 0 Å². The van der Waals surface area contributed by atoms with Gasteiger partial charge in [-0.25, -0.2) is 0 Å². The van der Waals surface area contributed by atoms with Crippen LogP contribution in [0.15, 0.2) is 8.68 Å². The van der Waals surface area contributed by atoms with Gasteiger partial charge in [0, 0.05) is 18.9 Å². The summed E-state index contributed by atoms with van der Waals surface area (Å²) in [7, 11) is 1.76. The molecule has 0 spiro atoms. The Morgan fingerprint density at radius 2 is 2.06 bits per heavy atom. The predicted molar refractivity (Wildman–Crippen MR) is 81.0 cm³/mol. The van der Waals surface area contributed by atoms with Gasteiger partial charge >= 0.3 is 0 Å². The lowest BCUT2D eigenvalue weighted by molar-refractivity contribution is -0.00309. The molecule has 1 aromatic heterocycles. The number of ether oxygens (including phenoxy) is 1. The van der Waals surface area contributed by atoms with Crippen molar-refractivity contribution in [3.8, 4) is 0 Å². The van der Waals surface area contributed by atoms with Gasteiger partial charge in [0.1, 0.15) is 0 Å². The summed E-state index contributed by atoms with van der Waals surface area (Å²) in [5.41, 5.74) is -0.184. The lowest BCUT2D eigenvalue weighted by Gasteiger charge is -2.33. The molecule has 18 heavy (non-hydrogen) atoms. The molecular weight excluding hydrogens is 286 g/mol. The van der Waals surface area contributed by atoms with E-state index in [-0.39, 0.29) is 5.60 Å². The van der Waals surface area contributed by atoms with E-state index in [1.807, 2.05) is 6.26 Å². The second-order valence-corrected chi connectivity index (χ2v) is 7.56. The highest BCUT2D eigenvalue weighted by Crippen LogP contribution is 2.29. The van der Waals surface area contributed by atoms with E-state index in [4.69, 9.17) is 4.74 Å². The second kappa shape index (κ2) is 7.69. The van der Waals surface area contributed by atoms with Crippen molar-refractivity contribution in [3.63, 3.8) is 0 Å². The summed E-state index contributed by atoms with van der Waals surface area (Å²) in [5.74, 6) is 0.928. The molecule has 104 valence electrons. The van der Waals surface area contributed by atoms with Crippen molar-refractivity contribution in [1.82, 2.24) is 15.5 Å². The van der Waals surface area contributed by atoms with Gasteiger partial charge in [-0.2, -0.15) is 0 Å². The average Bonchev–Trinajstić information content (AvgIpc) is 2.82. The lowest BCUT2D eigenvalue weighted by atomic mass is 10.0. The minimum absolute atomic E-state index is 0.184. The summed E-state index contributed by atoms with van der Waals surface area (Å²) < 4.78 is 7.59. The third-order valence-corrected chi connectivity index (χ3v) is 5.88. The van der Waals surface area contributed by atoms with Crippen LogP contribution in [-0.2, 0) is 4.74 Å². The average molecular weight is 308 g/mol. The van der Waals surface area contributed by atoms with Crippen LogP contribution in [0.5, 0.6) is 0 Å². The van der Waals surface area contributed by atoms with Crippen LogP contribution in [0, 0.1) is 0 Å². The first-order chi connectivity index (χ1) is 8.53. The normalized spacial score (nSPS) is 13.8. The predicted octanol–water partition coefficient (Wildman–Crippen LogP) is 2.76. The number of hydrogen-bond donors (Lipinski definition) is 1. The Hall–Kier alpha value is 0.180. The van der Waals surface area contributed by atoms with Crippen molar-refractivity contribution < 1.29 is 4.74 Å². The summed E-state index contributed by atoms with van der Waals surface area (Å²) in [6.45, 7) is 7.26. The SMILES string of the molecule is CCNC(CSc1nnc(SC)s1)C(C)(C)OC. The highest BCUT2D eigenvalue weighted by atomic mass is 32.2. The number of nitrogens with one attached hydrogen (secondary N) is 1. The second-order valence-electron chi connectivity index (χ2n) is 4.27. The molecule has 0 aliphatic heterocycles. The maximum Gasteiger partial charge on any atom is 0.175 e. The van der Waals surface area contributed by atoms with E-state index in [0.29, 0.717) is 6.04 Å². The van der Waals surface area contributed by atoms with Gasteiger partial charge < -0.3 is 10.1 Å². The molecule has 0 aliphatic rings. The third kappa shape index (κ3) is 4.70. The summed E-state index contributed by atoms with van der Waals surface area (Å²) >= 11 is 5.02. The van der Waals surface area contributed by atoms with Crippen LogP contribution in [0.1, 0.15) is 20.8 Å². The molecule has 0 aromatic carbocycles. The summed E-state index contributed by atoms with van der Waals surface area (Å²) in [4.78, 5) is 0. The maximum absolute atomic E-state index is 5.55. The smallest absolute Gasteiger partial charge is 0.175 e. The van der Waals surface area contributed by atoms with Crippen molar-refractivity contribution in [1.29, 1.82) is 0 Å². The van der Waals surface area contributed by atoms with E-state index in [1.54, 1.807) is 42.0 Å². The topological polar surface area (TPSA) is 47.0 Å². The Balaban J connectivity index is 2.56. The number of aromatic nitrogens is 2. The number of likely N-dealkylation sites (N-methyl/N-ethyl adjacent to an activating group) is 1. The zero-order valence-corrected chi connectivity index (χ0v) is 14.0. The summed E-state index contributed by atoms with van der Waals surface area (Å²) in [5, 5.41) is 11.7. The summed E-state index contributed by atoms with van der Waals surface area (Å²) in [6.07, 6.45) is 2.02. The number of nitrogens with zero attached hydrogens (tertiary/aromatic N) is 2. The number of rotatable bonds is 8. The molecular formula is C11H21N3OS3. The van der Waals surface area contributed by atoms with Gasteiger partial charge in [0.05, 0.1) is 5.60 Å². The van der Waals surface area contributed by atoms with Crippen molar-refractivity contribution in [2.75, 3.05) is 25.7 Å². The summed E-state index contributed by atoms with van der Waals surface area (Å²) in [6, 6.07) is 0.291. The lowest BCUT2D eigenvalue weighted by Crippen LogP contribution is -2.49. The van der Waals surface area contributed by atoms with Crippen molar-refractivity contribution >= 4 is 34.9 Å². The molecule has 4 nitrogen and oxygen atoms in total. The van der Waals surface area contributed by atoms with E-state index in [0.717, 1.165) is 21.0 Å². The molecule has 0 amide bonds. The van der Waals surface area contributed by atoms with Crippen molar-refractivity contribution in [2.24, 2.45) is 0 Å². The first-order valence-corrected chi connectivity index (χ1v) is 8.85. The van der Waals surface area contributed by atoms with Crippen LogP contribution in [-0.4, -0.2) is 47.5 Å². The van der Waals surface area contributed by atoms with Gasteiger partial charge in [-0.1, -0.05) is 41.8 Å². The quantitative estimate of drug-likeness (QED) is 0.745. The van der Waals surface area contributed by atoms with Gasteiger partial charge in [0.15, 0.2) is 8.68 Å². The zero-order chi connectivity index (χ0) is 13.6. The Bertz CT molecular complexity index is 357. The molecule has 1 atom stereocenters. The number of hydrogen-bond acceptors (Lipinski definition) is 7. The van der Waals surface area contributed by atoms with Gasteiger partial charge in [0.2, 0.25) is 0 Å². The molecule has 7 heteroatoms. The van der Waals surface area contributed by atoms with E-state index < -0.39 is 0 Å². The Morgan fingerprint density at radius 3 is 2.56 bits per heavy atom. The van der Waals surface area contributed by atoms with Crippen molar-refractivity contribution in [2.45, 2.75) is 41.1 Å². The van der Waals surface area contributed by atoms with Crippen LogP contribution >= 0.6 is 34.9 Å².